The predicted molar refractivity (Wildman–Crippen MR) is 66.5 cm³/mol. The second kappa shape index (κ2) is 3.57. The molecule has 5 nitrogen and oxygen atoms in total. The van der Waals surface area contributed by atoms with E-state index in [0.29, 0.717) is 10.9 Å². The van der Waals surface area contributed by atoms with Crippen LogP contribution >= 0.6 is 11.6 Å². The molecule has 1 fully saturated rings. The van der Waals surface area contributed by atoms with Crippen LogP contribution in [0.25, 0.3) is 5.78 Å². The molecule has 2 aromatic heterocycles. The minimum absolute atomic E-state index is 0.129. The summed E-state index contributed by atoms with van der Waals surface area (Å²) in [7, 11) is 0. The summed E-state index contributed by atoms with van der Waals surface area (Å²) in [6.45, 7) is 5.48. The van der Waals surface area contributed by atoms with E-state index >= 15 is 0 Å². The van der Waals surface area contributed by atoms with E-state index in [9.17, 15) is 0 Å². The van der Waals surface area contributed by atoms with Crippen LogP contribution in [0.5, 0.6) is 0 Å². The van der Waals surface area contributed by atoms with Crippen LogP contribution < -0.4 is 4.90 Å². The van der Waals surface area contributed by atoms with Crippen LogP contribution in [0, 0.1) is 0 Å². The Morgan fingerprint density at radius 2 is 2.24 bits per heavy atom. The first-order chi connectivity index (χ1) is 8.08. The van der Waals surface area contributed by atoms with E-state index in [0.717, 1.165) is 12.4 Å². The third kappa shape index (κ3) is 1.65. The Labute approximate surface area is 104 Å². The van der Waals surface area contributed by atoms with Crippen molar-refractivity contribution in [1.82, 2.24) is 19.6 Å². The molecule has 1 aliphatic rings. The fraction of sp³-hybridized carbons (Fsp3) is 0.545. The highest BCUT2D eigenvalue weighted by Gasteiger charge is 2.33. The highest BCUT2D eigenvalue weighted by Crippen LogP contribution is 2.33. The Balaban J connectivity index is 2.19. The molecule has 2 aromatic rings. The molecule has 0 unspecified atom stereocenters. The van der Waals surface area contributed by atoms with E-state index < -0.39 is 0 Å². The van der Waals surface area contributed by atoms with Gasteiger partial charge in [0.25, 0.3) is 5.78 Å². The molecule has 0 radical (unpaired) electrons. The Kier molecular flexibility index (Phi) is 2.26. The lowest BCUT2D eigenvalue weighted by Gasteiger charge is -2.33. The van der Waals surface area contributed by atoms with E-state index in [-0.39, 0.29) is 5.54 Å². The Hall–Kier alpha value is -1.36. The third-order valence-electron chi connectivity index (χ3n) is 3.38. The molecule has 0 bridgehead atoms. The highest BCUT2D eigenvalue weighted by atomic mass is 35.5. The van der Waals surface area contributed by atoms with Gasteiger partial charge in [0.2, 0.25) is 0 Å². The highest BCUT2D eigenvalue weighted by molar-refractivity contribution is 6.29. The van der Waals surface area contributed by atoms with Crippen molar-refractivity contribution in [2.75, 3.05) is 11.4 Å². The van der Waals surface area contributed by atoms with Crippen LogP contribution in [0.1, 0.15) is 26.7 Å². The number of nitrogens with zero attached hydrogens (tertiary/aromatic N) is 5. The molecule has 90 valence electrons. The zero-order chi connectivity index (χ0) is 12.0. The molecule has 0 spiro atoms. The molecule has 0 saturated carbocycles. The van der Waals surface area contributed by atoms with E-state index in [2.05, 4.69) is 33.8 Å². The maximum absolute atomic E-state index is 6.03. The molecule has 3 heterocycles. The summed E-state index contributed by atoms with van der Waals surface area (Å²) < 4.78 is 1.75. The molecular formula is C11H14ClN5. The molecule has 1 aliphatic heterocycles. The normalized spacial score (nSPS) is 19.1. The van der Waals surface area contributed by atoms with Crippen LogP contribution in [-0.2, 0) is 0 Å². The topological polar surface area (TPSA) is 46.3 Å². The first-order valence-electron chi connectivity index (χ1n) is 5.72. The maximum Gasteiger partial charge on any atom is 0.255 e. The van der Waals surface area contributed by atoms with Crippen LogP contribution in [0.3, 0.4) is 0 Å². The van der Waals surface area contributed by atoms with Crippen molar-refractivity contribution < 1.29 is 0 Å². The van der Waals surface area contributed by atoms with Gasteiger partial charge in [0.1, 0.15) is 17.3 Å². The van der Waals surface area contributed by atoms with Crippen LogP contribution in [0.2, 0.25) is 5.15 Å². The molecule has 3 rings (SSSR count). The van der Waals surface area contributed by atoms with Gasteiger partial charge in [-0.25, -0.2) is 0 Å². The number of hydrogen-bond acceptors (Lipinski definition) is 4. The van der Waals surface area contributed by atoms with Crippen LogP contribution in [-0.4, -0.2) is 31.7 Å². The van der Waals surface area contributed by atoms with Gasteiger partial charge in [0, 0.05) is 18.2 Å². The van der Waals surface area contributed by atoms with E-state index in [1.807, 2.05) is 6.07 Å². The van der Waals surface area contributed by atoms with Crippen molar-refractivity contribution in [2.24, 2.45) is 0 Å². The molecule has 0 N–H and O–H groups in total. The summed E-state index contributed by atoms with van der Waals surface area (Å²) in [5.74, 6) is 1.52. The maximum atomic E-state index is 6.03. The number of fused-ring (bicyclic) bond motifs is 1. The van der Waals surface area contributed by atoms with Crippen molar-refractivity contribution in [3.8, 4) is 0 Å². The van der Waals surface area contributed by atoms with Gasteiger partial charge >= 0.3 is 0 Å². The average Bonchev–Trinajstić information content (AvgIpc) is 2.82. The summed E-state index contributed by atoms with van der Waals surface area (Å²) in [4.78, 5) is 10.6. The monoisotopic (exact) mass is 251 g/mol. The molecular weight excluding hydrogens is 238 g/mol. The van der Waals surface area contributed by atoms with Crippen molar-refractivity contribution in [2.45, 2.75) is 32.2 Å². The SMILES string of the molecule is CC1(C)CCCN1c1cc(Cl)nc2ncnn12. The van der Waals surface area contributed by atoms with Crippen LogP contribution in [0.15, 0.2) is 12.4 Å². The second-order valence-corrected chi connectivity index (χ2v) is 5.36. The van der Waals surface area contributed by atoms with Crippen molar-refractivity contribution in [3.63, 3.8) is 0 Å². The largest absolute Gasteiger partial charge is 0.351 e. The van der Waals surface area contributed by atoms with Gasteiger partial charge in [-0.3, -0.25) is 0 Å². The minimum atomic E-state index is 0.129. The fourth-order valence-electron chi connectivity index (χ4n) is 2.49. The van der Waals surface area contributed by atoms with Gasteiger partial charge in [0.05, 0.1) is 0 Å². The number of aromatic nitrogens is 4. The lowest BCUT2D eigenvalue weighted by atomic mass is 10.0. The first kappa shape index (κ1) is 10.8. The third-order valence-corrected chi connectivity index (χ3v) is 3.57. The molecule has 0 atom stereocenters. The summed E-state index contributed by atoms with van der Waals surface area (Å²) in [5.41, 5.74) is 0.129. The fourth-order valence-corrected chi connectivity index (χ4v) is 2.67. The van der Waals surface area contributed by atoms with Crippen LogP contribution in [0.4, 0.5) is 5.82 Å². The summed E-state index contributed by atoms with van der Waals surface area (Å²) >= 11 is 6.03. The second-order valence-electron chi connectivity index (χ2n) is 4.98. The van der Waals surface area contributed by atoms with E-state index in [1.165, 1.54) is 19.2 Å². The minimum Gasteiger partial charge on any atom is -0.351 e. The zero-order valence-electron chi connectivity index (χ0n) is 9.89. The lowest BCUT2D eigenvalue weighted by Crippen LogP contribution is -2.39. The van der Waals surface area contributed by atoms with Gasteiger partial charge in [-0.1, -0.05) is 11.6 Å². The molecule has 0 aliphatic carbocycles. The van der Waals surface area contributed by atoms with E-state index in [4.69, 9.17) is 11.6 Å². The Morgan fingerprint density at radius 1 is 1.41 bits per heavy atom. The quantitative estimate of drug-likeness (QED) is 0.729. The first-order valence-corrected chi connectivity index (χ1v) is 6.10. The summed E-state index contributed by atoms with van der Waals surface area (Å²) in [6, 6.07) is 1.86. The van der Waals surface area contributed by atoms with Gasteiger partial charge in [-0.15, -0.1) is 0 Å². The number of halogens is 1. The van der Waals surface area contributed by atoms with Crippen molar-refractivity contribution in [1.29, 1.82) is 0 Å². The van der Waals surface area contributed by atoms with Gasteiger partial charge < -0.3 is 4.90 Å². The Morgan fingerprint density at radius 3 is 2.94 bits per heavy atom. The van der Waals surface area contributed by atoms with Gasteiger partial charge in [-0.2, -0.15) is 19.6 Å². The predicted octanol–water partition coefficient (Wildman–Crippen LogP) is 2.16. The van der Waals surface area contributed by atoms with Gasteiger partial charge in [0.15, 0.2) is 0 Å². The molecule has 6 heteroatoms. The van der Waals surface area contributed by atoms with Crippen molar-refractivity contribution >= 4 is 23.2 Å². The molecule has 0 amide bonds. The average molecular weight is 252 g/mol. The smallest absolute Gasteiger partial charge is 0.255 e. The molecule has 1 saturated heterocycles. The standard InChI is InChI=1S/C11H14ClN5/c1-11(2)4-3-5-16(11)9-6-8(12)15-10-13-7-14-17(9)10/h6-7H,3-5H2,1-2H3. The number of anilines is 1. The number of rotatable bonds is 1. The number of hydrogen-bond donors (Lipinski definition) is 0. The Bertz CT molecular complexity index is 562. The lowest BCUT2D eigenvalue weighted by molar-refractivity contribution is 0.510. The van der Waals surface area contributed by atoms with E-state index in [1.54, 1.807) is 4.52 Å². The summed E-state index contributed by atoms with van der Waals surface area (Å²) in [5, 5.41) is 4.67. The zero-order valence-corrected chi connectivity index (χ0v) is 10.6. The molecule has 17 heavy (non-hydrogen) atoms. The van der Waals surface area contributed by atoms with Gasteiger partial charge in [-0.05, 0) is 26.7 Å². The summed E-state index contributed by atoms with van der Waals surface area (Å²) in [6.07, 6.45) is 3.86. The molecule has 0 aromatic carbocycles. The van der Waals surface area contributed by atoms with Crippen molar-refractivity contribution in [3.05, 3.63) is 17.5 Å².